The van der Waals surface area contributed by atoms with E-state index in [1.807, 2.05) is 11.0 Å². The predicted octanol–water partition coefficient (Wildman–Crippen LogP) is 3.60. The normalized spacial score (nSPS) is 14.4. The van der Waals surface area contributed by atoms with Crippen LogP contribution in [-0.4, -0.2) is 17.4 Å². The SMILES string of the molecule is O=C(c1ccc(Cl)s1)N1CCc2ccccc2C1. The highest BCUT2D eigenvalue weighted by Crippen LogP contribution is 2.25. The molecule has 2 heterocycles. The van der Waals surface area contributed by atoms with E-state index in [0.29, 0.717) is 10.9 Å². The molecule has 4 heteroatoms. The quantitative estimate of drug-likeness (QED) is 0.780. The van der Waals surface area contributed by atoms with Crippen LogP contribution in [0.3, 0.4) is 0 Å². The van der Waals surface area contributed by atoms with Gasteiger partial charge in [-0.05, 0) is 29.7 Å². The smallest absolute Gasteiger partial charge is 0.264 e. The molecule has 1 amide bonds. The van der Waals surface area contributed by atoms with Gasteiger partial charge < -0.3 is 4.90 Å². The lowest BCUT2D eigenvalue weighted by Gasteiger charge is -2.28. The van der Waals surface area contributed by atoms with Crippen LogP contribution in [0.25, 0.3) is 0 Å². The standard InChI is InChI=1S/C14H12ClNOS/c15-13-6-5-12(18-13)14(17)16-8-7-10-3-1-2-4-11(10)9-16/h1-6H,7-9H2. The van der Waals surface area contributed by atoms with Gasteiger partial charge in [0, 0.05) is 13.1 Å². The number of hydrogen-bond acceptors (Lipinski definition) is 2. The van der Waals surface area contributed by atoms with Crippen LogP contribution >= 0.6 is 22.9 Å². The molecule has 1 aliphatic heterocycles. The Labute approximate surface area is 115 Å². The van der Waals surface area contributed by atoms with Crippen molar-refractivity contribution in [2.75, 3.05) is 6.54 Å². The fourth-order valence-electron chi connectivity index (χ4n) is 2.25. The fourth-order valence-corrected chi connectivity index (χ4v) is 3.27. The second-order valence-corrected chi connectivity index (χ2v) is 6.06. The van der Waals surface area contributed by atoms with Gasteiger partial charge in [0.2, 0.25) is 0 Å². The molecule has 0 saturated heterocycles. The van der Waals surface area contributed by atoms with E-state index in [0.717, 1.165) is 17.8 Å². The van der Waals surface area contributed by atoms with Crippen LogP contribution in [0.1, 0.15) is 20.8 Å². The minimum atomic E-state index is 0.0846. The van der Waals surface area contributed by atoms with E-state index >= 15 is 0 Å². The van der Waals surface area contributed by atoms with Crippen molar-refractivity contribution in [1.29, 1.82) is 0 Å². The number of thiophene rings is 1. The molecule has 1 aromatic carbocycles. The predicted molar refractivity (Wildman–Crippen MR) is 74.2 cm³/mol. The lowest BCUT2D eigenvalue weighted by molar-refractivity contribution is 0.0739. The number of benzene rings is 1. The summed E-state index contributed by atoms with van der Waals surface area (Å²) in [4.78, 5) is 14.9. The molecule has 0 unspecified atom stereocenters. The zero-order valence-electron chi connectivity index (χ0n) is 9.73. The topological polar surface area (TPSA) is 20.3 Å². The van der Waals surface area contributed by atoms with Gasteiger partial charge in [0.15, 0.2) is 0 Å². The first-order valence-corrected chi connectivity index (χ1v) is 7.05. The molecule has 0 atom stereocenters. The van der Waals surface area contributed by atoms with Gasteiger partial charge in [-0.2, -0.15) is 0 Å². The van der Waals surface area contributed by atoms with Crippen molar-refractivity contribution < 1.29 is 4.79 Å². The highest BCUT2D eigenvalue weighted by molar-refractivity contribution is 7.17. The Morgan fingerprint density at radius 2 is 1.94 bits per heavy atom. The summed E-state index contributed by atoms with van der Waals surface area (Å²) in [6.07, 6.45) is 0.932. The van der Waals surface area contributed by atoms with Crippen molar-refractivity contribution in [2.24, 2.45) is 0 Å². The van der Waals surface area contributed by atoms with Crippen LogP contribution in [0, 0.1) is 0 Å². The minimum absolute atomic E-state index is 0.0846. The first kappa shape index (κ1) is 11.8. The number of carbonyl (C=O) groups is 1. The Morgan fingerprint density at radius 3 is 2.67 bits per heavy atom. The third-order valence-corrected chi connectivity index (χ3v) is 4.42. The fraction of sp³-hybridized carbons (Fsp3) is 0.214. The summed E-state index contributed by atoms with van der Waals surface area (Å²) < 4.78 is 0.663. The molecule has 0 fully saturated rings. The van der Waals surface area contributed by atoms with Crippen LogP contribution in [0.5, 0.6) is 0 Å². The van der Waals surface area contributed by atoms with Gasteiger partial charge in [-0.1, -0.05) is 35.9 Å². The van der Waals surface area contributed by atoms with E-state index in [2.05, 4.69) is 18.2 Å². The molecular formula is C14H12ClNOS. The van der Waals surface area contributed by atoms with Gasteiger partial charge in [-0.25, -0.2) is 0 Å². The number of halogens is 1. The van der Waals surface area contributed by atoms with Crippen molar-refractivity contribution in [3.8, 4) is 0 Å². The highest BCUT2D eigenvalue weighted by Gasteiger charge is 2.22. The summed E-state index contributed by atoms with van der Waals surface area (Å²) >= 11 is 7.22. The lowest BCUT2D eigenvalue weighted by atomic mass is 10.00. The molecule has 18 heavy (non-hydrogen) atoms. The number of amides is 1. The molecule has 0 saturated carbocycles. The van der Waals surface area contributed by atoms with Crippen molar-refractivity contribution in [2.45, 2.75) is 13.0 Å². The molecule has 2 aromatic rings. The average Bonchev–Trinajstić information content (AvgIpc) is 2.84. The lowest BCUT2D eigenvalue weighted by Crippen LogP contribution is -2.35. The number of rotatable bonds is 1. The molecule has 0 aliphatic carbocycles. The van der Waals surface area contributed by atoms with E-state index in [9.17, 15) is 4.79 Å². The van der Waals surface area contributed by atoms with Crippen molar-refractivity contribution in [3.63, 3.8) is 0 Å². The second-order valence-electron chi connectivity index (χ2n) is 4.35. The van der Waals surface area contributed by atoms with Crippen LogP contribution < -0.4 is 0 Å². The van der Waals surface area contributed by atoms with Crippen molar-refractivity contribution in [1.82, 2.24) is 4.90 Å². The van der Waals surface area contributed by atoms with Crippen LogP contribution in [0.15, 0.2) is 36.4 Å². The Hall–Kier alpha value is -1.32. The molecule has 0 bridgehead atoms. The van der Waals surface area contributed by atoms with Gasteiger partial charge >= 0.3 is 0 Å². The Bertz CT molecular complexity index is 593. The highest BCUT2D eigenvalue weighted by atomic mass is 35.5. The second kappa shape index (κ2) is 4.75. The summed E-state index contributed by atoms with van der Waals surface area (Å²) in [6, 6.07) is 11.9. The first-order valence-electron chi connectivity index (χ1n) is 5.85. The first-order chi connectivity index (χ1) is 8.74. The van der Waals surface area contributed by atoms with Gasteiger partial charge in [0.05, 0.1) is 9.21 Å². The zero-order valence-corrected chi connectivity index (χ0v) is 11.3. The molecule has 3 rings (SSSR count). The van der Waals surface area contributed by atoms with Crippen LogP contribution in [-0.2, 0) is 13.0 Å². The maximum absolute atomic E-state index is 12.3. The summed E-state index contributed by atoms with van der Waals surface area (Å²) in [5.41, 5.74) is 2.60. The molecule has 1 aromatic heterocycles. The molecular weight excluding hydrogens is 266 g/mol. The summed E-state index contributed by atoms with van der Waals surface area (Å²) in [5.74, 6) is 0.0846. The molecule has 0 spiro atoms. The van der Waals surface area contributed by atoms with E-state index in [-0.39, 0.29) is 5.91 Å². The molecule has 2 nitrogen and oxygen atoms in total. The van der Waals surface area contributed by atoms with E-state index in [1.54, 1.807) is 12.1 Å². The third-order valence-electron chi connectivity index (χ3n) is 3.20. The van der Waals surface area contributed by atoms with E-state index in [4.69, 9.17) is 11.6 Å². The van der Waals surface area contributed by atoms with Crippen LogP contribution in [0.2, 0.25) is 4.34 Å². The third kappa shape index (κ3) is 2.16. The summed E-state index contributed by atoms with van der Waals surface area (Å²) in [7, 11) is 0. The number of hydrogen-bond donors (Lipinski definition) is 0. The Morgan fingerprint density at radius 1 is 1.17 bits per heavy atom. The monoisotopic (exact) mass is 277 g/mol. The van der Waals surface area contributed by atoms with Gasteiger partial charge in [-0.15, -0.1) is 11.3 Å². The largest absolute Gasteiger partial charge is 0.333 e. The number of nitrogens with zero attached hydrogens (tertiary/aromatic N) is 1. The molecule has 0 radical (unpaired) electrons. The number of carbonyl (C=O) groups excluding carboxylic acids is 1. The molecule has 92 valence electrons. The molecule has 0 N–H and O–H groups in total. The van der Waals surface area contributed by atoms with E-state index < -0.39 is 0 Å². The molecule has 1 aliphatic rings. The summed E-state index contributed by atoms with van der Waals surface area (Å²) in [5, 5.41) is 0. The van der Waals surface area contributed by atoms with Crippen molar-refractivity contribution >= 4 is 28.8 Å². The van der Waals surface area contributed by atoms with Gasteiger partial charge in [0.25, 0.3) is 5.91 Å². The van der Waals surface area contributed by atoms with Crippen LogP contribution in [0.4, 0.5) is 0 Å². The number of fused-ring (bicyclic) bond motifs is 1. The zero-order chi connectivity index (χ0) is 12.5. The summed E-state index contributed by atoms with van der Waals surface area (Å²) in [6.45, 7) is 1.48. The Balaban J connectivity index is 1.82. The Kier molecular flexibility index (Phi) is 3.10. The average molecular weight is 278 g/mol. The minimum Gasteiger partial charge on any atom is -0.333 e. The maximum atomic E-state index is 12.3. The van der Waals surface area contributed by atoms with Gasteiger partial charge in [-0.3, -0.25) is 4.79 Å². The maximum Gasteiger partial charge on any atom is 0.264 e. The van der Waals surface area contributed by atoms with Gasteiger partial charge in [0.1, 0.15) is 0 Å². The van der Waals surface area contributed by atoms with Crippen molar-refractivity contribution in [3.05, 3.63) is 56.7 Å². The van der Waals surface area contributed by atoms with E-state index in [1.165, 1.54) is 22.5 Å².